The monoisotopic (exact) mass is 572 g/mol. The van der Waals surface area contributed by atoms with Crippen molar-refractivity contribution in [3.63, 3.8) is 0 Å². The first-order valence-electron chi connectivity index (χ1n) is 14.6. The maximum absolute atomic E-state index is 12.9. The molecule has 216 valence electrons. The molecule has 0 unspecified atom stereocenters. The predicted octanol–water partition coefficient (Wildman–Crippen LogP) is 6.01. The third kappa shape index (κ3) is 5.54. The van der Waals surface area contributed by atoms with Crippen LogP contribution in [0.3, 0.4) is 0 Å². The van der Waals surface area contributed by atoms with Gasteiger partial charge in [0, 0.05) is 35.3 Å². The van der Waals surface area contributed by atoms with Gasteiger partial charge < -0.3 is 4.74 Å². The number of carbonyl (C=O) groups is 3. The molecule has 5 nitrogen and oxygen atoms in total. The van der Waals surface area contributed by atoms with Gasteiger partial charge in [-0.25, -0.2) is 4.79 Å². The van der Waals surface area contributed by atoms with Gasteiger partial charge in [0.15, 0.2) is 5.78 Å². The van der Waals surface area contributed by atoms with Gasteiger partial charge in [-0.1, -0.05) is 39.7 Å². The first kappa shape index (κ1) is 29.3. The van der Waals surface area contributed by atoms with Gasteiger partial charge in [-0.05, 0) is 113 Å². The minimum Gasteiger partial charge on any atom is -0.423 e. The van der Waals surface area contributed by atoms with Crippen molar-refractivity contribution in [1.29, 1.82) is 0 Å². The second kappa shape index (κ2) is 10.6. The van der Waals surface area contributed by atoms with E-state index in [4.69, 9.17) is 4.74 Å². The zero-order valence-corrected chi connectivity index (χ0v) is 25.8. The number of esters is 1. The zero-order chi connectivity index (χ0) is 29.7. The molecule has 0 radical (unpaired) electrons. The Morgan fingerprint density at radius 1 is 0.976 bits per heavy atom. The van der Waals surface area contributed by atoms with Crippen molar-refractivity contribution >= 4 is 31.9 Å². The summed E-state index contributed by atoms with van der Waals surface area (Å²) in [4.78, 5) is 38.8. The smallest absolute Gasteiger partial charge is 0.343 e. The van der Waals surface area contributed by atoms with Gasteiger partial charge in [0.05, 0.1) is 5.56 Å². The molecule has 0 bridgehead atoms. The van der Waals surface area contributed by atoms with E-state index in [0.29, 0.717) is 40.4 Å². The van der Waals surface area contributed by atoms with E-state index in [0.717, 1.165) is 38.5 Å². The van der Waals surface area contributed by atoms with Gasteiger partial charge in [0.25, 0.3) is 0 Å². The zero-order valence-electron chi connectivity index (χ0n) is 25.0. The van der Waals surface area contributed by atoms with Crippen LogP contribution < -0.4 is 4.74 Å². The van der Waals surface area contributed by atoms with E-state index in [2.05, 4.69) is 24.8 Å². The molecular weight excluding hydrogens is 532 g/mol. The van der Waals surface area contributed by atoms with E-state index >= 15 is 0 Å². The maximum Gasteiger partial charge on any atom is 0.343 e. The SMILES string of the molecule is CC(C)(C)C(=O)C(C#Cc1ccc(C(=O)Oc2ccc3c(c2)CC[C@@H]2[C@@H]3CC[C@H]3CCC(=O)[C@@]32C)cc1)=S(C)(C)=O. The molecule has 4 atom stereocenters. The molecule has 0 aromatic heterocycles. The lowest BCUT2D eigenvalue weighted by atomic mass is 9.53. The van der Waals surface area contributed by atoms with E-state index in [1.165, 1.54) is 23.6 Å². The number of benzene rings is 2. The quantitative estimate of drug-likeness (QED) is 0.195. The summed E-state index contributed by atoms with van der Waals surface area (Å²) in [6.07, 6.45) is 8.96. The minimum absolute atomic E-state index is 0.129. The number of carbonyl (C=O) groups excluding carboxylic acids is 3. The van der Waals surface area contributed by atoms with Crippen LogP contribution in [0.1, 0.15) is 92.8 Å². The highest BCUT2D eigenvalue weighted by molar-refractivity contribution is 8.02. The summed E-state index contributed by atoms with van der Waals surface area (Å²) in [6, 6.07) is 12.7. The Bertz CT molecular complexity index is 1600. The van der Waals surface area contributed by atoms with E-state index in [-0.39, 0.29) is 16.1 Å². The summed E-state index contributed by atoms with van der Waals surface area (Å²) in [7, 11) is -2.54. The highest BCUT2D eigenvalue weighted by atomic mass is 32.2. The maximum atomic E-state index is 12.9. The second-order valence-corrected chi connectivity index (χ2v) is 16.4. The third-order valence-corrected chi connectivity index (χ3v) is 10.8. The average molecular weight is 573 g/mol. The average Bonchev–Trinajstić information content (AvgIpc) is 3.21. The molecule has 2 fully saturated rings. The number of hydrogen-bond acceptors (Lipinski definition) is 5. The highest BCUT2D eigenvalue weighted by Gasteiger charge is 2.56. The second-order valence-electron chi connectivity index (χ2n) is 13.5. The highest BCUT2D eigenvalue weighted by Crippen LogP contribution is 2.60. The van der Waals surface area contributed by atoms with E-state index in [1.807, 2.05) is 12.1 Å². The van der Waals surface area contributed by atoms with Crippen molar-refractivity contribution in [2.75, 3.05) is 12.5 Å². The summed E-state index contributed by atoms with van der Waals surface area (Å²) in [6.45, 7) is 7.57. The fourth-order valence-corrected chi connectivity index (χ4v) is 8.24. The molecular formula is C35H40O5S. The molecule has 41 heavy (non-hydrogen) atoms. The van der Waals surface area contributed by atoms with Crippen LogP contribution in [-0.4, -0.2) is 39.1 Å². The van der Waals surface area contributed by atoms with Crippen molar-refractivity contribution in [2.24, 2.45) is 22.7 Å². The summed E-state index contributed by atoms with van der Waals surface area (Å²) in [5.74, 6) is 7.40. The van der Waals surface area contributed by atoms with Crippen LogP contribution in [0.2, 0.25) is 0 Å². The van der Waals surface area contributed by atoms with Gasteiger partial charge in [-0.15, -0.1) is 0 Å². The minimum atomic E-state index is -2.54. The molecule has 6 heteroatoms. The molecule has 0 aliphatic heterocycles. The van der Waals surface area contributed by atoms with Gasteiger partial charge in [0.1, 0.15) is 16.4 Å². The number of rotatable bonds is 3. The van der Waals surface area contributed by atoms with E-state index < -0.39 is 20.9 Å². The van der Waals surface area contributed by atoms with Crippen LogP contribution in [0, 0.1) is 34.5 Å². The Morgan fingerprint density at radius 2 is 1.68 bits per heavy atom. The van der Waals surface area contributed by atoms with Gasteiger partial charge >= 0.3 is 5.97 Å². The van der Waals surface area contributed by atoms with Crippen LogP contribution >= 0.6 is 0 Å². The van der Waals surface area contributed by atoms with E-state index in [1.54, 1.807) is 45.0 Å². The number of fused-ring (bicyclic) bond motifs is 5. The Morgan fingerprint density at radius 3 is 2.34 bits per heavy atom. The van der Waals surface area contributed by atoms with Crippen LogP contribution in [0.4, 0.5) is 0 Å². The topological polar surface area (TPSA) is 77.5 Å². The third-order valence-electron chi connectivity index (χ3n) is 9.52. The van der Waals surface area contributed by atoms with Crippen molar-refractivity contribution in [1.82, 2.24) is 0 Å². The number of Topliss-reactive ketones (excluding diaryl/α,β-unsaturated/α-hetero) is 2. The van der Waals surface area contributed by atoms with E-state index in [9.17, 15) is 18.6 Å². The normalized spacial score (nSPS) is 25.2. The number of aryl methyl sites for hydroxylation is 1. The molecule has 2 aromatic rings. The fourth-order valence-electron chi connectivity index (χ4n) is 7.19. The summed E-state index contributed by atoms with van der Waals surface area (Å²) in [5, 5.41) is 0. The van der Waals surface area contributed by atoms with Crippen LogP contribution in [-0.2, 0) is 25.5 Å². The van der Waals surface area contributed by atoms with Crippen molar-refractivity contribution < 1.29 is 23.3 Å². The lowest BCUT2D eigenvalue weighted by molar-refractivity contribution is -0.132. The van der Waals surface area contributed by atoms with Crippen molar-refractivity contribution in [2.45, 2.75) is 72.1 Å². The molecule has 3 aliphatic carbocycles. The van der Waals surface area contributed by atoms with Crippen LogP contribution in [0.5, 0.6) is 5.75 Å². The lowest BCUT2D eigenvalue weighted by Crippen LogP contribution is -2.45. The first-order valence-corrected chi connectivity index (χ1v) is 16.9. The summed E-state index contributed by atoms with van der Waals surface area (Å²) in [5.41, 5.74) is 2.66. The van der Waals surface area contributed by atoms with Crippen LogP contribution in [0.25, 0.3) is 0 Å². The molecule has 0 spiro atoms. The molecule has 2 saturated carbocycles. The molecule has 3 aliphatic rings. The summed E-state index contributed by atoms with van der Waals surface area (Å²) >= 11 is 0. The van der Waals surface area contributed by atoms with Crippen molar-refractivity contribution in [3.8, 4) is 17.6 Å². The lowest BCUT2D eigenvalue weighted by Gasteiger charge is -2.49. The largest absolute Gasteiger partial charge is 0.423 e. The fraction of sp³-hybridized carbons (Fsp3) is 0.486. The standard InChI is InChI=1S/C35H40O5S/c1-34(2,3)32(37)30(41(5,6)39)19-9-22-7-10-23(11-8-22)33(38)40-26-15-17-27-24(21-26)12-18-29-28(27)16-13-25-14-20-31(36)35(25,29)4/h7-8,10-11,15,17,21,25,28-29H,12-14,16,18,20H2,1-6H3/t25-,28+,29+,35-/m0/s1. The number of ether oxygens (including phenoxy) is 1. The van der Waals surface area contributed by atoms with Crippen LogP contribution in [0.15, 0.2) is 42.5 Å². The molecule has 0 saturated heterocycles. The first-order chi connectivity index (χ1) is 19.2. The molecule has 0 amide bonds. The Hall–Kier alpha value is -3.17. The van der Waals surface area contributed by atoms with Gasteiger partial charge in [-0.2, -0.15) is 0 Å². The molecule has 2 aromatic carbocycles. The number of hydrogen-bond donors (Lipinski definition) is 0. The molecule has 5 rings (SSSR count). The Labute approximate surface area is 244 Å². The molecule has 0 heterocycles. The Kier molecular flexibility index (Phi) is 7.57. The Balaban J connectivity index is 1.29. The van der Waals surface area contributed by atoms with Crippen molar-refractivity contribution in [3.05, 3.63) is 64.7 Å². The number of ketones is 2. The van der Waals surface area contributed by atoms with Gasteiger partial charge in [-0.3, -0.25) is 13.8 Å². The van der Waals surface area contributed by atoms with Gasteiger partial charge in [0.2, 0.25) is 0 Å². The predicted molar refractivity (Wildman–Crippen MR) is 164 cm³/mol. The summed E-state index contributed by atoms with van der Waals surface area (Å²) < 4.78 is 18.5. The molecule has 0 N–H and O–H groups in total.